The molecule has 1 heterocycles. The van der Waals surface area contributed by atoms with Gasteiger partial charge in [0.05, 0.1) is 23.4 Å². The minimum absolute atomic E-state index is 0.0825. The fraction of sp³-hybridized carbons (Fsp3) is 0.320. The molecule has 6 N–H and O–H groups in total. The van der Waals surface area contributed by atoms with Crippen LogP contribution in [-0.2, 0) is 16.0 Å². The number of benzene rings is 2. The topological polar surface area (TPSA) is 123 Å². The van der Waals surface area contributed by atoms with Crippen LogP contribution in [0.3, 0.4) is 0 Å². The summed E-state index contributed by atoms with van der Waals surface area (Å²) in [5.74, 6) is -0.0825. The van der Waals surface area contributed by atoms with Gasteiger partial charge in [-0.15, -0.1) is 0 Å². The number of likely N-dealkylation sites (N-methyl/N-ethyl adjacent to an activating group) is 1. The number of nitrogens with one attached hydrogen (secondary N) is 2. The van der Waals surface area contributed by atoms with E-state index in [9.17, 15) is 9.59 Å². The highest BCUT2D eigenvalue weighted by Gasteiger charge is 2.10. The smallest absolute Gasteiger partial charge is 0.236 e. The Morgan fingerprint density at radius 3 is 2.38 bits per heavy atom. The molecule has 3 aromatic rings. The van der Waals surface area contributed by atoms with E-state index in [-0.39, 0.29) is 5.91 Å². The molecule has 0 spiro atoms. The molecule has 0 aliphatic carbocycles. The van der Waals surface area contributed by atoms with Crippen LogP contribution in [0.15, 0.2) is 66.9 Å². The summed E-state index contributed by atoms with van der Waals surface area (Å²) in [4.78, 5) is 25.3. The number of para-hydroxylation sites is 1. The van der Waals surface area contributed by atoms with Gasteiger partial charge in [0.15, 0.2) is 0 Å². The lowest BCUT2D eigenvalue weighted by atomic mass is 10.1. The van der Waals surface area contributed by atoms with E-state index < -0.39 is 6.04 Å². The monoisotopic (exact) mass is 437 g/mol. The van der Waals surface area contributed by atoms with Crippen molar-refractivity contribution in [3.8, 4) is 0 Å². The van der Waals surface area contributed by atoms with E-state index in [1.165, 1.54) is 5.56 Å². The van der Waals surface area contributed by atoms with Gasteiger partial charge in [-0.1, -0.05) is 55.5 Å². The molecule has 0 saturated carbocycles. The van der Waals surface area contributed by atoms with E-state index in [4.69, 9.17) is 11.5 Å². The van der Waals surface area contributed by atoms with Crippen LogP contribution in [0.2, 0.25) is 0 Å². The molecule has 0 radical (unpaired) electrons. The largest absolute Gasteiger partial charge is 0.355 e. The van der Waals surface area contributed by atoms with Gasteiger partial charge in [0.25, 0.3) is 0 Å². The van der Waals surface area contributed by atoms with E-state index in [1.54, 1.807) is 6.20 Å². The van der Waals surface area contributed by atoms with E-state index >= 15 is 0 Å². The van der Waals surface area contributed by atoms with Gasteiger partial charge in [0, 0.05) is 11.9 Å². The second-order valence-electron chi connectivity index (χ2n) is 6.95. The SMILES string of the molecule is CCNC(=O)[C@@H](N)CCCN.CCc1ccccc1.O=CNc1cnc2ccccc2c1. The number of hydrogen-bond acceptors (Lipinski definition) is 5. The van der Waals surface area contributed by atoms with Crippen LogP contribution in [0.4, 0.5) is 5.69 Å². The first kappa shape index (κ1) is 26.7. The van der Waals surface area contributed by atoms with Crippen LogP contribution >= 0.6 is 0 Å². The van der Waals surface area contributed by atoms with Gasteiger partial charge < -0.3 is 22.1 Å². The van der Waals surface area contributed by atoms with Gasteiger partial charge >= 0.3 is 0 Å². The minimum atomic E-state index is -0.390. The molecule has 2 aromatic carbocycles. The number of carbonyl (C=O) groups excluding carboxylic acids is 2. The summed E-state index contributed by atoms with van der Waals surface area (Å²) >= 11 is 0. The third-order valence-electron chi connectivity index (χ3n) is 4.47. The van der Waals surface area contributed by atoms with Crippen molar-refractivity contribution in [3.63, 3.8) is 0 Å². The Morgan fingerprint density at radius 2 is 1.78 bits per heavy atom. The molecular weight excluding hydrogens is 402 g/mol. The molecule has 3 rings (SSSR count). The lowest BCUT2D eigenvalue weighted by Gasteiger charge is -2.09. The average molecular weight is 438 g/mol. The van der Waals surface area contributed by atoms with Crippen LogP contribution in [0.25, 0.3) is 10.9 Å². The van der Waals surface area contributed by atoms with Crippen molar-refractivity contribution in [2.45, 2.75) is 39.2 Å². The zero-order valence-corrected chi connectivity index (χ0v) is 19.0. The fourth-order valence-electron chi connectivity index (χ4n) is 2.71. The Kier molecular flexibility index (Phi) is 13.7. The lowest BCUT2D eigenvalue weighted by Crippen LogP contribution is -2.40. The molecular formula is C25H35N5O2. The number of fused-ring (bicyclic) bond motifs is 1. The molecule has 0 bridgehead atoms. The van der Waals surface area contributed by atoms with Crippen LogP contribution in [0.5, 0.6) is 0 Å². The molecule has 0 aliphatic heterocycles. The first-order chi connectivity index (χ1) is 15.5. The van der Waals surface area contributed by atoms with Crippen molar-refractivity contribution in [2.24, 2.45) is 11.5 Å². The molecule has 0 aliphatic rings. The van der Waals surface area contributed by atoms with Crippen LogP contribution in [0, 0.1) is 0 Å². The van der Waals surface area contributed by atoms with Crippen molar-refractivity contribution in [1.29, 1.82) is 0 Å². The van der Waals surface area contributed by atoms with Crippen molar-refractivity contribution >= 4 is 28.9 Å². The van der Waals surface area contributed by atoms with Gasteiger partial charge in [0.1, 0.15) is 0 Å². The van der Waals surface area contributed by atoms with Crippen molar-refractivity contribution in [3.05, 3.63) is 72.4 Å². The Hall–Kier alpha value is -3.29. The van der Waals surface area contributed by atoms with E-state index in [1.807, 2.05) is 43.3 Å². The number of aryl methyl sites for hydroxylation is 1. The van der Waals surface area contributed by atoms with E-state index in [0.717, 1.165) is 23.7 Å². The second kappa shape index (κ2) is 16.4. The summed E-state index contributed by atoms with van der Waals surface area (Å²) in [6.07, 6.45) is 4.89. The van der Waals surface area contributed by atoms with Gasteiger partial charge in [0.2, 0.25) is 12.3 Å². The van der Waals surface area contributed by atoms with Crippen molar-refractivity contribution in [1.82, 2.24) is 10.3 Å². The Balaban J connectivity index is 0.000000247. The fourth-order valence-corrected chi connectivity index (χ4v) is 2.71. The van der Waals surface area contributed by atoms with Crippen molar-refractivity contribution in [2.75, 3.05) is 18.4 Å². The van der Waals surface area contributed by atoms with Gasteiger partial charge in [-0.2, -0.15) is 0 Å². The predicted molar refractivity (Wildman–Crippen MR) is 132 cm³/mol. The average Bonchev–Trinajstić information content (AvgIpc) is 2.84. The number of anilines is 1. The third-order valence-corrected chi connectivity index (χ3v) is 4.47. The number of nitrogens with zero attached hydrogens (tertiary/aromatic N) is 1. The van der Waals surface area contributed by atoms with Gasteiger partial charge in [-0.25, -0.2) is 0 Å². The molecule has 172 valence electrons. The maximum absolute atomic E-state index is 11.0. The highest BCUT2D eigenvalue weighted by Crippen LogP contribution is 2.15. The van der Waals surface area contributed by atoms with E-state index in [2.05, 4.69) is 46.8 Å². The Labute approximate surface area is 190 Å². The minimum Gasteiger partial charge on any atom is -0.355 e. The number of nitrogens with two attached hydrogens (primary N) is 2. The molecule has 0 saturated heterocycles. The summed E-state index contributed by atoms with van der Waals surface area (Å²) < 4.78 is 0. The molecule has 1 aromatic heterocycles. The summed E-state index contributed by atoms with van der Waals surface area (Å²) in [5, 5.41) is 6.23. The first-order valence-electron chi connectivity index (χ1n) is 10.9. The standard InChI is InChI=1S/C10H8N2O.C8H10.C7H17N3O/c13-7-12-9-5-8-3-1-2-4-10(8)11-6-9;1-2-8-6-4-3-5-7-8;1-2-10-7(11)6(9)4-3-5-8/h1-7H,(H,12,13);3-7H,2H2,1H3;6H,2-5,8-9H2,1H3,(H,10,11)/t;;6-/m..0/s1. The highest BCUT2D eigenvalue weighted by atomic mass is 16.2. The molecule has 7 nitrogen and oxygen atoms in total. The Morgan fingerprint density at radius 1 is 1.09 bits per heavy atom. The van der Waals surface area contributed by atoms with Crippen LogP contribution in [0.1, 0.15) is 32.3 Å². The maximum atomic E-state index is 11.0. The number of aromatic nitrogens is 1. The van der Waals surface area contributed by atoms with Crippen LogP contribution < -0.4 is 22.1 Å². The zero-order chi connectivity index (χ0) is 23.6. The van der Waals surface area contributed by atoms with Crippen molar-refractivity contribution < 1.29 is 9.59 Å². The third kappa shape index (κ3) is 10.7. The van der Waals surface area contributed by atoms with Gasteiger partial charge in [-0.3, -0.25) is 14.6 Å². The van der Waals surface area contributed by atoms with E-state index in [0.29, 0.717) is 31.6 Å². The number of pyridine rings is 1. The molecule has 0 fully saturated rings. The molecule has 2 amide bonds. The lowest BCUT2D eigenvalue weighted by molar-refractivity contribution is -0.122. The summed E-state index contributed by atoms with van der Waals surface area (Å²) in [6.45, 7) is 5.26. The number of carbonyl (C=O) groups is 2. The number of amides is 2. The summed E-state index contributed by atoms with van der Waals surface area (Å²) in [6, 6.07) is 19.7. The Bertz CT molecular complexity index is 918. The summed E-state index contributed by atoms with van der Waals surface area (Å²) in [5.41, 5.74) is 13.8. The maximum Gasteiger partial charge on any atom is 0.236 e. The molecule has 32 heavy (non-hydrogen) atoms. The van der Waals surface area contributed by atoms with Crippen LogP contribution in [-0.4, -0.2) is 36.4 Å². The molecule has 0 unspecified atom stereocenters. The summed E-state index contributed by atoms with van der Waals surface area (Å²) in [7, 11) is 0. The number of rotatable bonds is 8. The molecule has 7 heteroatoms. The molecule has 1 atom stereocenters. The quantitative estimate of drug-likeness (QED) is 0.403. The predicted octanol–water partition coefficient (Wildman–Crippen LogP) is 3.24. The van der Waals surface area contributed by atoms with Gasteiger partial charge in [-0.05, 0) is 50.4 Å². The second-order valence-corrected chi connectivity index (χ2v) is 6.95. The normalized spacial score (nSPS) is 10.6. The zero-order valence-electron chi connectivity index (χ0n) is 19.0. The number of hydrogen-bond donors (Lipinski definition) is 4. The highest BCUT2D eigenvalue weighted by molar-refractivity contribution is 5.84. The first-order valence-corrected chi connectivity index (χ1v) is 10.9.